The molecule has 8 aliphatic rings. The Morgan fingerprint density at radius 3 is 1.30 bits per heavy atom. The van der Waals surface area contributed by atoms with E-state index in [1.807, 2.05) is 0 Å². The van der Waals surface area contributed by atoms with Crippen LogP contribution in [0.15, 0.2) is 0 Å². The van der Waals surface area contributed by atoms with Crippen molar-refractivity contribution in [1.82, 2.24) is 0 Å². The normalized spacial score (nSPS) is 52.0. The van der Waals surface area contributed by atoms with Gasteiger partial charge in [-0.2, -0.15) is 0 Å². The lowest BCUT2D eigenvalue weighted by Gasteiger charge is -2.51. The van der Waals surface area contributed by atoms with E-state index < -0.39 is 0 Å². The molecule has 0 aromatic heterocycles. The van der Waals surface area contributed by atoms with Crippen molar-refractivity contribution in [2.45, 2.75) is 143 Å². The van der Waals surface area contributed by atoms with Gasteiger partial charge in [-0.3, -0.25) is 0 Å². The predicted molar refractivity (Wildman–Crippen MR) is 142 cm³/mol. The number of hydrogen-bond acceptors (Lipinski definition) is 7. The zero-order chi connectivity index (χ0) is 26.9. The first-order chi connectivity index (χ1) is 17.7. The Balaban J connectivity index is 1.62. The summed E-state index contributed by atoms with van der Waals surface area (Å²) in [7, 11) is 0. The zero-order valence-electron chi connectivity index (χ0n) is 24.8. The van der Waals surface area contributed by atoms with Gasteiger partial charge >= 0.3 is 0 Å². The van der Waals surface area contributed by atoms with Crippen LogP contribution < -0.4 is 0 Å². The SMILES string of the molecule is CCC1OC2OCCCO[C@@H]3C(CC)O[C@@H](O[C@@H]4C(CC)O[C@@H](O[C@H]1[C@H](C)C2C)C(C)[C@H]4C)C(C)[C@H]3C. The van der Waals surface area contributed by atoms with Gasteiger partial charge in [0.2, 0.25) is 0 Å². The topological polar surface area (TPSA) is 64.6 Å². The minimum atomic E-state index is -0.290. The van der Waals surface area contributed by atoms with E-state index in [1.54, 1.807) is 0 Å². The molecule has 7 heteroatoms. The van der Waals surface area contributed by atoms with Crippen molar-refractivity contribution < 1.29 is 33.2 Å². The average molecular weight is 527 g/mol. The van der Waals surface area contributed by atoms with Crippen LogP contribution in [0.4, 0.5) is 0 Å². The van der Waals surface area contributed by atoms with Crippen LogP contribution in [-0.4, -0.2) is 68.7 Å². The van der Waals surface area contributed by atoms with E-state index >= 15 is 0 Å². The van der Waals surface area contributed by atoms with Crippen LogP contribution >= 0.6 is 0 Å². The summed E-state index contributed by atoms with van der Waals surface area (Å²) in [5, 5.41) is 0. The summed E-state index contributed by atoms with van der Waals surface area (Å²) in [6, 6.07) is 0. The number of hydrogen-bond donors (Lipinski definition) is 0. The van der Waals surface area contributed by atoms with Gasteiger partial charge in [0.25, 0.3) is 0 Å². The molecule has 8 saturated heterocycles. The van der Waals surface area contributed by atoms with Gasteiger partial charge in [0.15, 0.2) is 18.9 Å². The Labute approximate surface area is 225 Å². The summed E-state index contributed by atoms with van der Waals surface area (Å²) in [4.78, 5) is 0. The lowest BCUT2D eigenvalue weighted by molar-refractivity contribution is -0.349. The van der Waals surface area contributed by atoms with Crippen LogP contribution in [0.5, 0.6) is 0 Å². The van der Waals surface area contributed by atoms with Crippen molar-refractivity contribution in [1.29, 1.82) is 0 Å². The number of fused-ring (bicyclic) bond motifs is 1. The van der Waals surface area contributed by atoms with E-state index in [0.29, 0.717) is 25.0 Å². The van der Waals surface area contributed by atoms with Crippen LogP contribution in [0.1, 0.15) is 88.0 Å². The molecule has 0 aliphatic carbocycles. The summed E-state index contributed by atoms with van der Waals surface area (Å²) >= 11 is 0. The van der Waals surface area contributed by atoms with Crippen molar-refractivity contribution in [2.75, 3.05) is 13.2 Å². The lowest BCUT2D eigenvalue weighted by atomic mass is 9.81. The number of rotatable bonds is 3. The van der Waals surface area contributed by atoms with Gasteiger partial charge < -0.3 is 33.2 Å². The molecule has 0 aromatic rings. The molecule has 0 spiro atoms. The second-order valence-corrected chi connectivity index (χ2v) is 12.3. The molecule has 8 aliphatic heterocycles. The van der Waals surface area contributed by atoms with Crippen molar-refractivity contribution in [3.8, 4) is 0 Å². The van der Waals surface area contributed by atoms with Crippen molar-refractivity contribution in [3.63, 3.8) is 0 Å². The zero-order valence-corrected chi connectivity index (χ0v) is 24.8. The highest BCUT2D eigenvalue weighted by Gasteiger charge is 2.50. The molecule has 0 N–H and O–H groups in total. The van der Waals surface area contributed by atoms with Crippen molar-refractivity contribution in [2.24, 2.45) is 35.5 Å². The van der Waals surface area contributed by atoms with E-state index in [1.165, 1.54) is 0 Å². The van der Waals surface area contributed by atoms with E-state index in [2.05, 4.69) is 62.3 Å². The van der Waals surface area contributed by atoms with Gasteiger partial charge in [-0.25, -0.2) is 0 Å². The van der Waals surface area contributed by atoms with E-state index in [0.717, 1.165) is 25.7 Å². The van der Waals surface area contributed by atoms with Crippen LogP contribution in [0.2, 0.25) is 0 Å². The molecule has 8 heterocycles. The maximum absolute atomic E-state index is 6.83. The fraction of sp³-hybridized carbons (Fsp3) is 1.00. The average Bonchev–Trinajstić information content (AvgIpc) is 2.90. The van der Waals surface area contributed by atoms with Crippen molar-refractivity contribution >= 4 is 0 Å². The van der Waals surface area contributed by atoms with E-state index in [-0.39, 0.29) is 79.2 Å². The summed E-state index contributed by atoms with van der Waals surface area (Å²) in [6.45, 7) is 21.3. The highest BCUT2D eigenvalue weighted by molar-refractivity contribution is 4.92. The molecular weight excluding hydrogens is 472 g/mol. The minimum absolute atomic E-state index is 0.0118. The quantitative estimate of drug-likeness (QED) is 0.462. The predicted octanol–water partition coefficient (Wildman–Crippen LogP) is 5.78. The summed E-state index contributed by atoms with van der Waals surface area (Å²) in [6.07, 6.45) is 2.58. The highest BCUT2D eigenvalue weighted by Crippen LogP contribution is 2.42. The maximum Gasteiger partial charge on any atom is 0.161 e. The molecule has 0 amide bonds. The lowest BCUT2D eigenvalue weighted by Crippen LogP contribution is -2.58. The van der Waals surface area contributed by atoms with Gasteiger partial charge in [0, 0.05) is 24.4 Å². The van der Waals surface area contributed by atoms with Crippen LogP contribution in [0.25, 0.3) is 0 Å². The maximum atomic E-state index is 6.83. The Morgan fingerprint density at radius 2 is 0.811 bits per heavy atom. The second kappa shape index (κ2) is 12.9. The Hall–Kier alpha value is -0.280. The van der Waals surface area contributed by atoms with Crippen LogP contribution in [-0.2, 0) is 33.2 Å². The molecule has 0 saturated carbocycles. The Bertz CT molecular complexity index is 699. The van der Waals surface area contributed by atoms with Crippen LogP contribution in [0, 0.1) is 35.5 Å². The first-order valence-corrected chi connectivity index (χ1v) is 15.2. The summed E-state index contributed by atoms with van der Waals surface area (Å²) < 4.78 is 46.1. The first kappa shape index (κ1) is 29.7. The standard InChI is InChI=1S/C30H54O7/c1-10-22-25-16(4)20(8)29(34-22)37-27-18(6)21(9)30(35-24(27)12-3)36-26-17(5)19(7)28(33-23(26)11-2)32-15-13-14-31-25/h16-30H,10-15H2,1-9H3/t16-,17-,18-,19?,20?,21?,22?,23?,24?,25+,26+,27+,28?,29+,30+/m1/s1. The third-order valence-electron chi connectivity index (χ3n) is 10.0. The fourth-order valence-corrected chi connectivity index (χ4v) is 6.74. The molecule has 6 bridgehead atoms. The molecule has 216 valence electrons. The molecule has 0 radical (unpaired) electrons. The second-order valence-electron chi connectivity index (χ2n) is 12.3. The molecule has 8 rings (SSSR count). The third-order valence-corrected chi connectivity index (χ3v) is 10.0. The van der Waals surface area contributed by atoms with Gasteiger partial charge in [-0.15, -0.1) is 0 Å². The molecule has 7 nitrogen and oxygen atoms in total. The molecule has 0 aromatic carbocycles. The molecule has 8 fully saturated rings. The monoisotopic (exact) mass is 526 g/mol. The minimum Gasteiger partial charge on any atom is -0.375 e. The smallest absolute Gasteiger partial charge is 0.161 e. The molecular formula is C30H54O7. The molecule has 15 atom stereocenters. The summed E-state index contributed by atoms with van der Waals surface area (Å²) in [5.74, 6) is 1.50. The van der Waals surface area contributed by atoms with Gasteiger partial charge in [0.05, 0.1) is 43.2 Å². The van der Waals surface area contributed by atoms with Crippen LogP contribution in [0.3, 0.4) is 0 Å². The van der Waals surface area contributed by atoms with Gasteiger partial charge in [-0.1, -0.05) is 62.3 Å². The van der Waals surface area contributed by atoms with E-state index in [4.69, 9.17) is 33.2 Å². The van der Waals surface area contributed by atoms with E-state index in [9.17, 15) is 0 Å². The molecule has 37 heavy (non-hydrogen) atoms. The Morgan fingerprint density at radius 1 is 0.432 bits per heavy atom. The highest BCUT2D eigenvalue weighted by atomic mass is 16.7. The van der Waals surface area contributed by atoms with Gasteiger partial charge in [0.1, 0.15) is 0 Å². The first-order valence-electron chi connectivity index (χ1n) is 15.2. The largest absolute Gasteiger partial charge is 0.375 e. The summed E-state index contributed by atoms with van der Waals surface area (Å²) in [5.41, 5.74) is 0. The Kier molecular flexibility index (Phi) is 10.4. The third kappa shape index (κ3) is 6.08. The molecule has 7 unspecified atom stereocenters. The van der Waals surface area contributed by atoms with Crippen molar-refractivity contribution in [3.05, 3.63) is 0 Å². The van der Waals surface area contributed by atoms with Gasteiger partial charge in [-0.05, 0) is 43.4 Å². The fourth-order valence-electron chi connectivity index (χ4n) is 6.74. The number of ether oxygens (including phenoxy) is 7.